The van der Waals surface area contributed by atoms with Crippen LogP contribution in [0.1, 0.15) is 35.3 Å². The molecule has 1 saturated carbocycles. The Balaban J connectivity index is 1.73. The minimum absolute atomic E-state index is 0.185. The minimum atomic E-state index is -0.709. The third kappa shape index (κ3) is 2.83. The highest BCUT2D eigenvalue weighted by molar-refractivity contribution is 5.95. The molecule has 0 spiro atoms. The summed E-state index contributed by atoms with van der Waals surface area (Å²) >= 11 is 0. The molecule has 0 atom stereocenters. The zero-order valence-corrected chi connectivity index (χ0v) is 12.0. The quantitative estimate of drug-likeness (QED) is 0.900. The fourth-order valence-corrected chi connectivity index (χ4v) is 2.50. The fourth-order valence-electron chi connectivity index (χ4n) is 2.50. The van der Waals surface area contributed by atoms with Gasteiger partial charge in [0.25, 0.3) is 5.91 Å². The molecule has 1 aromatic carbocycles. The molecule has 21 heavy (non-hydrogen) atoms. The number of aliphatic hydroxyl groups is 1. The van der Waals surface area contributed by atoms with Gasteiger partial charge in [-0.2, -0.15) is 5.10 Å². The number of para-hydroxylation sites is 1. The number of carbonyl (C=O) groups excluding carboxylic acids is 1. The number of benzene rings is 1. The van der Waals surface area contributed by atoms with Crippen LogP contribution in [0.3, 0.4) is 0 Å². The Hall–Kier alpha value is -2.14. The predicted octanol–water partition coefficient (Wildman–Crippen LogP) is 1.83. The Labute approximate surface area is 123 Å². The Morgan fingerprint density at radius 2 is 2.10 bits per heavy atom. The molecular weight excluding hydrogens is 266 g/mol. The molecule has 2 N–H and O–H groups in total. The van der Waals surface area contributed by atoms with E-state index in [9.17, 15) is 9.90 Å². The first-order valence-electron chi connectivity index (χ1n) is 7.20. The molecule has 1 aliphatic rings. The zero-order chi connectivity index (χ0) is 14.9. The van der Waals surface area contributed by atoms with Crippen molar-refractivity contribution in [2.45, 2.75) is 31.8 Å². The third-order valence-electron chi connectivity index (χ3n) is 4.03. The first kappa shape index (κ1) is 13.8. The third-order valence-corrected chi connectivity index (χ3v) is 4.03. The monoisotopic (exact) mass is 285 g/mol. The lowest BCUT2D eigenvalue weighted by molar-refractivity contribution is -0.0300. The molecule has 0 unspecified atom stereocenters. The van der Waals surface area contributed by atoms with Crippen LogP contribution in [0.5, 0.6) is 0 Å². The highest BCUT2D eigenvalue weighted by atomic mass is 16.3. The standard InChI is InChI=1S/C16H19N3O2/c1-12-14(15(20)17-11-16(21)8-5-9-16)10-19(18-12)13-6-3-2-4-7-13/h2-4,6-7,10,21H,5,8-9,11H2,1H3,(H,17,20). The van der Waals surface area contributed by atoms with Gasteiger partial charge in [0.05, 0.1) is 22.5 Å². The lowest BCUT2D eigenvalue weighted by atomic mass is 9.80. The van der Waals surface area contributed by atoms with Gasteiger partial charge >= 0.3 is 0 Å². The average Bonchev–Trinajstić information content (AvgIpc) is 2.86. The molecule has 1 amide bonds. The first-order valence-corrected chi connectivity index (χ1v) is 7.20. The van der Waals surface area contributed by atoms with Crippen LogP contribution in [-0.2, 0) is 0 Å². The molecule has 0 radical (unpaired) electrons. The smallest absolute Gasteiger partial charge is 0.254 e. The van der Waals surface area contributed by atoms with Crippen LogP contribution < -0.4 is 5.32 Å². The Morgan fingerprint density at radius 3 is 2.71 bits per heavy atom. The van der Waals surface area contributed by atoms with Crippen molar-refractivity contribution < 1.29 is 9.90 Å². The van der Waals surface area contributed by atoms with Crippen molar-refractivity contribution >= 4 is 5.91 Å². The summed E-state index contributed by atoms with van der Waals surface area (Å²) in [6.07, 6.45) is 4.27. The van der Waals surface area contributed by atoms with Crippen molar-refractivity contribution in [3.05, 3.63) is 47.8 Å². The van der Waals surface area contributed by atoms with E-state index in [-0.39, 0.29) is 5.91 Å². The summed E-state index contributed by atoms with van der Waals surface area (Å²) in [6.45, 7) is 2.12. The minimum Gasteiger partial charge on any atom is -0.388 e. The maximum absolute atomic E-state index is 12.2. The van der Waals surface area contributed by atoms with E-state index in [1.807, 2.05) is 37.3 Å². The molecule has 2 aromatic rings. The van der Waals surface area contributed by atoms with Gasteiger partial charge in [0.2, 0.25) is 0 Å². The number of aromatic nitrogens is 2. The second-order valence-electron chi connectivity index (χ2n) is 5.67. The number of aryl methyl sites for hydroxylation is 1. The largest absolute Gasteiger partial charge is 0.388 e. The van der Waals surface area contributed by atoms with Gasteiger partial charge in [0.1, 0.15) is 0 Å². The van der Waals surface area contributed by atoms with E-state index >= 15 is 0 Å². The number of nitrogens with one attached hydrogen (secondary N) is 1. The molecular formula is C16H19N3O2. The second-order valence-corrected chi connectivity index (χ2v) is 5.67. The van der Waals surface area contributed by atoms with Crippen molar-refractivity contribution in [2.24, 2.45) is 0 Å². The summed E-state index contributed by atoms with van der Waals surface area (Å²) in [5, 5.41) is 17.2. The summed E-state index contributed by atoms with van der Waals surface area (Å²) in [4.78, 5) is 12.2. The molecule has 5 heteroatoms. The van der Waals surface area contributed by atoms with Crippen LogP contribution in [-0.4, -0.2) is 32.9 Å². The van der Waals surface area contributed by atoms with Crippen molar-refractivity contribution in [1.29, 1.82) is 0 Å². The SMILES string of the molecule is Cc1nn(-c2ccccc2)cc1C(=O)NCC1(O)CCC1. The molecule has 1 heterocycles. The van der Waals surface area contributed by atoms with Crippen LogP contribution in [0.15, 0.2) is 36.5 Å². The highest BCUT2D eigenvalue weighted by Gasteiger charge is 2.34. The average molecular weight is 285 g/mol. The number of carbonyl (C=O) groups is 1. The van der Waals surface area contributed by atoms with Gasteiger partial charge in [0.15, 0.2) is 0 Å². The summed E-state index contributed by atoms with van der Waals surface area (Å²) in [7, 11) is 0. The predicted molar refractivity (Wildman–Crippen MR) is 79.4 cm³/mol. The molecule has 1 fully saturated rings. The molecule has 110 valence electrons. The van der Waals surface area contributed by atoms with Gasteiger partial charge in [-0.15, -0.1) is 0 Å². The van der Waals surface area contributed by atoms with Gasteiger partial charge in [-0.05, 0) is 38.3 Å². The number of hydrogen-bond donors (Lipinski definition) is 2. The normalized spacial score (nSPS) is 16.3. The molecule has 3 rings (SSSR count). The van der Waals surface area contributed by atoms with E-state index in [2.05, 4.69) is 10.4 Å². The molecule has 0 bridgehead atoms. The number of hydrogen-bond acceptors (Lipinski definition) is 3. The Morgan fingerprint density at radius 1 is 1.38 bits per heavy atom. The van der Waals surface area contributed by atoms with Crippen molar-refractivity contribution in [3.63, 3.8) is 0 Å². The Bertz CT molecular complexity index is 645. The van der Waals surface area contributed by atoms with Crippen molar-refractivity contribution in [1.82, 2.24) is 15.1 Å². The van der Waals surface area contributed by atoms with E-state index in [1.165, 1.54) is 0 Å². The van der Waals surface area contributed by atoms with Gasteiger partial charge in [0, 0.05) is 12.7 Å². The summed E-state index contributed by atoms with van der Waals surface area (Å²) in [5.74, 6) is -0.185. The number of amides is 1. The van der Waals surface area contributed by atoms with E-state index in [4.69, 9.17) is 0 Å². The van der Waals surface area contributed by atoms with Gasteiger partial charge < -0.3 is 10.4 Å². The van der Waals surface area contributed by atoms with Gasteiger partial charge in [-0.1, -0.05) is 18.2 Å². The molecule has 0 saturated heterocycles. The van der Waals surface area contributed by atoms with E-state index in [0.29, 0.717) is 17.8 Å². The molecule has 0 aliphatic heterocycles. The molecule has 1 aliphatic carbocycles. The first-order chi connectivity index (χ1) is 10.1. The van der Waals surface area contributed by atoms with E-state index in [0.717, 1.165) is 24.9 Å². The maximum Gasteiger partial charge on any atom is 0.254 e. The zero-order valence-electron chi connectivity index (χ0n) is 12.0. The van der Waals surface area contributed by atoms with Crippen LogP contribution in [0.2, 0.25) is 0 Å². The molecule has 5 nitrogen and oxygen atoms in total. The molecule has 1 aromatic heterocycles. The topological polar surface area (TPSA) is 67.2 Å². The van der Waals surface area contributed by atoms with E-state index in [1.54, 1.807) is 10.9 Å². The highest BCUT2D eigenvalue weighted by Crippen LogP contribution is 2.30. The lowest BCUT2D eigenvalue weighted by Crippen LogP contribution is -2.47. The van der Waals surface area contributed by atoms with Crippen LogP contribution in [0.25, 0.3) is 5.69 Å². The van der Waals surface area contributed by atoms with Crippen LogP contribution >= 0.6 is 0 Å². The van der Waals surface area contributed by atoms with Crippen LogP contribution in [0, 0.1) is 6.92 Å². The maximum atomic E-state index is 12.2. The van der Waals surface area contributed by atoms with Crippen molar-refractivity contribution in [2.75, 3.05) is 6.54 Å². The number of nitrogens with zero attached hydrogens (tertiary/aromatic N) is 2. The fraction of sp³-hybridized carbons (Fsp3) is 0.375. The summed E-state index contributed by atoms with van der Waals surface area (Å²) < 4.78 is 1.70. The lowest BCUT2D eigenvalue weighted by Gasteiger charge is -2.36. The van der Waals surface area contributed by atoms with Crippen LogP contribution in [0.4, 0.5) is 0 Å². The second kappa shape index (κ2) is 5.33. The van der Waals surface area contributed by atoms with Gasteiger partial charge in [-0.3, -0.25) is 4.79 Å². The van der Waals surface area contributed by atoms with Gasteiger partial charge in [-0.25, -0.2) is 4.68 Å². The summed E-state index contributed by atoms with van der Waals surface area (Å²) in [6, 6.07) is 9.67. The summed E-state index contributed by atoms with van der Waals surface area (Å²) in [5.41, 5.74) is 1.43. The number of rotatable bonds is 4. The van der Waals surface area contributed by atoms with Crippen molar-refractivity contribution in [3.8, 4) is 5.69 Å². The Kier molecular flexibility index (Phi) is 3.51. The van der Waals surface area contributed by atoms with E-state index < -0.39 is 5.60 Å².